The number of carbonyl (C=O) groups is 2. The third-order valence-corrected chi connectivity index (χ3v) is 3.21. The molecule has 0 fully saturated rings. The molecule has 4 nitrogen and oxygen atoms in total. The number of imide groups is 1. The molecule has 0 aromatic carbocycles. The number of nitrogens with one attached hydrogen (secondary N) is 1. The molecule has 0 saturated carbocycles. The number of carbonyl (C=O) groups excluding carboxylic acids is 2. The Balaban J connectivity index is 2.10. The molecule has 0 saturated heterocycles. The van der Waals surface area contributed by atoms with Crippen molar-refractivity contribution in [1.82, 2.24) is 10.2 Å². The smallest absolute Gasteiger partial charge is 0.257 e. The van der Waals surface area contributed by atoms with Crippen LogP contribution in [0.1, 0.15) is 20.3 Å². The fraction of sp³-hybridized carbons (Fsp3) is 0.500. The van der Waals surface area contributed by atoms with Crippen LogP contribution in [0.5, 0.6) is 0 Å². The van der Waals surface area contributed by atoms with Gasteiger partial charge in [-0.25, -0.2) is 0 Å². The lowest BCUT2D eigenvalue weighted by atomic mass is 10.1. The predicted octanol–water partition coefficient (Wildman–Crippen LogP) is 0.611. The molecule has 0 spiro atoms. The summed E-state index contributed by atoms with van der Waals surface area (Å²) < 4.78 is 0. The van der Waals surface area contributed by atoms with Crippen molar-refractivity contribution in [3.05, 3.63) is 22.8 Å². The van der Waals surface area contributed by atoms with Gasteiger partial charge in [-0.05, 0) is 26.8 Å². The van der Waals surface area contributed by atoms with Crippen LogP contribution in [0.15, 0.2) is 22.8 Å². The molecule has 2 aliphatic heterocycles. The molecule has 2 rings (SSSR count). The highest BCUT2D eigenvalue weighted by molar-refractivity contribution is 6.18. The Morgan fingerprint density at radius 2 is 1.88 bits per heavy atom. The van der Waals surface area contributed by atoms with E-state index in [-0.39, 0.29) is 11.8 Å². The van der Waals surface area contributed by atoms with E-state index < -0.39 is 0 Å². The Bertz CT molecular complexity index is 383. The normalized spacial score (nSPS) is 21.9. The van der Waals surface area contributed by atoms with Crippen molar-refractivity contribution in [2.24, 2.45) is 0 Å². The van der Waals surface area contributed by atoms with Gasteiger partial charge in [0.1, 0.15) is 0 Å². The lowest BCUT2D eigenvalue weighted by Gasteiger charge is -2.20. The van der Waals surface area contributed by atoms with Crippen molar-refractivity contribution in [3.8, 4) is 0 Å². The average Bonchev–Trinajstić information content (AvgIpc) is 2.48. The van der Waals surface area contributed by atoms with Crippen LogP contribution in [-0.2, 0) is 9.59 Å². The van der Waals surface area contributed by atoms with Crippen molar-refractivity contribution in [3.63, 3.8) is 0 Å². The number of hydrogen-bond donors (Lipinski definition) is 1. The Morgan fingerprint density at radius 1 is 1.25 bits per heavy atom. The first-order valence-electron chi connectivity index (χ1n) is 5.53. The van der Waals surface area contributed by atoms with Gasteiger partial charge in [0.05, 0.1) is 6.54 Å². The summed E-state index contributed by atoms with van der Waals surface area (Å²) in [4.78, 5) is 25.0. The van der Waals surface area contributed by atoms with Gasteiger partial charge >= 0.3 is 0 Å². The van der Waals surface area contributed by atoms with Gasteiger partial charge in [-0.3, -0.25) is 14.5 Å². The van der Waals surface area contributed by atoms with E-state index in [0.717, 1.165) is 19.5 Å². The first kappa shape index (κ1) is 11.1. The first-order valence-corrected chi connectivity index (χ1v) is 5.53. The second-order valence-electron chi connectivity index (χ2n) is 4.26. The standard InChI is InChI=1S/C12H16N2O2/c1-8-9(2)12(16)14(11(8)15)7-10-3-5-13-6-4-10/h3,13H,4-7H2,1-2H3. The number of nitrogens with zero attached hydrogens (tertiary/aromatic N) is 1. The van der Waals surface area contributed by atoms with Gasteiger partial charge in [-0.15, -0.1) is 0 Å². The molecule has 4 heteroatoms. The fourth-order valence-electron chi connectivity index (χ4n) is 1.98. The maximum absolute atomic E-state index is 11.8. The first-order chi connectivity index (χ1) is 7.61. The maximum Gasteiger partial charge on any atom is 0.257 e. The van der Waals surface area contributed by atoms with Crippen molar-refractivity contribution in [2.75, 3.05) is 19.6 Å². The predicted molar refractivity (Wildman–Crippen MR) is 60.7 cm³/mol. The number of hydrogen-bond acceptors (Lipinski definition) is 3. The summed E-state index contributed by atoms with van der Waals surface area (Å²) in [6, 6.07) is 0. The summed E-state index contributed by atoms with van der Waals surface area (Å²) in [6.45, 7) is 5.64. The summed E-state index contributed by atoms with van der Waals surface area (Å²) in [5.41, 5.74) is 2.34. The molecule has 0 unspecified atom stereocenters. The third-order valence-electron chi connectivity index (χ3n) is 3.21. The van der Waals surface area contributed by atoms with E-state index in [1.165, 1.54) is 10.5 Å². The minimum atomic E-state index is -0.137. The van der Waals surface area contributed by atoms with Gasteiger partial charge in [0, 0.05) is 17.7 Å². The maximum atomic E-state index is 11.8. The van der Waals surface area contributed by atoms with E-state index in [1.807, 2.05) is 0 Å². The minimum absolute atomic E-state index is 0.137. The SMILES string of the molecule is CC1=C(C)C(=O)N(CC2=CCNCC2)C1=O. The van der Waals surface area contributed by atoms with Crippen LogP contribution in [-0.4, -0.2) is 36.3 Å². The van der Waals surface area contributed by atoms with Crippen LogP contribution >= 0.6 is 0 Å². The summed E-state index contributed by atoms with van der Waals surface area (Å²) >= 11 is 0. The molecule has 0 aliphatic carbocycles. The summed E-state index contributed by atoms with van der Waals surface area (Å²) in [5, 5.41) is 3.20. The Labute approximate surface area is 95.0 Å². The fourth-order valence-corrected chi connectivity index (χ4v) is 1.98. The van der Waals surface area contributed by atoms with Gasteiger partial charge < -0.3 is 5.32 Å². The number of amides is 2. The molecule has 0 radical (unpaired) electrons. The lowest BCUT2D eigenvalue weighted by Crippen LogP contribution is -2.35. The topological polar surface area (TPSA) is 49.4 Å². The second kappa shape index (κ2) is 4.22. The van der Waals surface area contributed by atoms with Crippen LogP contribution in [0, 0.1) is 0 Å². The van der Waals surface area contributed by atoms with E-state index in [9.17, 15) is 9.59 Å². The molecular weight excluding hydrogens is 204 g/mol. The molecule has 16 heavy (non-hydrogen) atoms. The Kier molecular flexibility index (Phi) is 2.92. The molecule has 0 atom stereocenters. The van der Waals surface area contributed by atoms with E-state index in [2.05, 4.69) is 11.4 Å². The van der Waals surface area contributed by atoms with Crippen LogP contribution in [0.25, 0.3) is 0 Å². The van der Waals surface area contributed by atoms with Crippen LogP contribution in [0.2, 0.25) is 0 Å². The third kappa shape index (κ3) is 1.80. The van der Waals surface area contributed by atoms with Crippen LogP contribution in [0.4, 0.5) is 0 Å². The molecule has 2 amide bonds. The molecule has 86 valence electrons. The van der Waals surface area contributed by atoms with Crippen LogP contribution in [0.3, 0.4) is 0 Å². The molecule has 2 heterocycles. The van der Waals surface area contributed by atoms with Crippen molar-refractivity contribution in [2.45, 2.75) is 20.3 Å². The molecule has 0 bridgehead atoms. The van der Waals surface area contributed by atoms with Crippen LogP contribution < -0.4 is 5.32 Å². The largest absolute Gasteiger partial charge is 0.313 e. The van der Waals surface area contributed by atoms with E-state index >= 15 is 0 Å². The quantitative estimate of drug-likeness (QED) is 0.548. The zero-order valence-electron chi connectivity index (χ0n) is 9.67. The van der Waals surface area contributed by atoms with Crippen molar-refractivity contribution in [1.29, 1.82) is 0 Å². The van der Waals surface area contributed by atoms with Gasteiger partial charge in [0.2, 0.25) is 0 Å². The second-order valence-corrected chi connectivity index (χ2v) is 4.26. The van der Waals surface area contributed by atoms with E-state index in [4.69, 9.17) is 0 Å². The lowest BCUT2D eigenvalue weighted by molar-refractivity contribution is -0.137. The molecule has 2 aliphatic rings. The van der Waals surface area contributed by atoms with E-state index in [0.29, 0.717) is 17.7 Å². The van der Waals surface area contributed by atoms with Gasteiger partial charge in [0.25, 0.3) is 11.8 Å². The highest BCUT2D eigenvalue weighted by Gasteiger charge is 2.33. The van der Waals surface area contributed by atoms with Crippen molar-refractivity contribution >= 4 is 11.8 Å². The van der Waals surface area contributed by atoms with E-state index in [1.54, 1.807) is 13.8 Å². The minimum Gasteiger partial charge on any atom is -0.313 e. The molecular formula is C12H16N2O2. The highest BCUT2D eigenvalue weighted by atomic mass is 16.2. The van der Waals surface area contributed by atoms with Crippen molar-refractivity contribution < 1.29 is 9.59 Å². The highest BCUT2D eigenvalue weighted by Crippen LogP contribution is 2.21. The Hall–Kier alpha value is -1.42. The average molecular weight is 220 g/mol. The molecule has 1 N–H and O–H groups in total. The zero-order valence-corrected chi connectivity index (χ0v) is 9.67. The number of rotatable bonds is 2. The van der Waals surface area contributed by atoms with Gasteiger partial charge in [0.15, 0.2) is 0 Å². The summed E-state index contributed by atoms with van der Waals surface area (Å²) in [5.74, 6) is -0.274. The zero-order chi connectivity index (χ0) is 11.7. The van der Waals surface area contributed by atoms with Gasteiger partial charge in [-0.2, -0.15) is 0 Å². The summed E-state index contributed by atoms with van der Waals surface area (Å²) in [6.07, 6.45) is 2.97. The Morgan fingerprint density at radius 3 is 2.38 bits per heavy atom. The summed E-state index contributed by atoms with van der Waals surface area (Å²) in [7, 11) is 0. The monoisotopic (exact) mass is 220 g/mol. The molecule has 0 aromatic rings. The molecule has 0 aromatic heterocycles. The van der Waals surface area contributed by atoms with Gasteiger partial charge in [-0.1, -0.05) is 11.6 Å².